The number of hydrogen-bond donors (Lipinski definition) is 4. The van der Waals surface area contributed by atoms with Crippen LogP contribution in [0.25, 0.3) is 0 Å². The molecule has 0 unspecified atom stereocenters. The zero-order valence-electron chi connectivity index (χ0n) is 18.5. The average Bonchev–Trinajstić information content (AvgIpc) is 3.33. The Labute approximate surface area is 184 Å². The Hall–Kier alpha value is -2.91. The highest BCUT2D eigenvalue weighted by molar-refractivity contribution is 5.94. The number of aromatic nitrogens is 2. The Bertz CT molecular complexity index is 847. The molecule has 0 atom stereocenters. The molecule has 1 amide bonds. The second-order valence-electron chi connectivity index (χ2n) is 7.80. The molecule has 1 aliphatic rings. The third kappa shape index (κ3) is 6.05. The molecular formula is C22H34N8O. The van der Waals surface area contributed by atoms with Gasteiger partial charge in [-0.25, -0.2) is 10.8 Å². The smallest absolute Gasteiger partial charge is 0.251 e. The van der Waals surface area contributed by atoms with Crippen LogP contribution in [0.2, 0.25) is 0 Å². The quantitative estimate of drug-likeness (QED) is 0.337. The molecule has 6 N–H and O–H groups in total. The number of amides is 1. The van der Waals surface area contributed by atoms with E-state index in [0.717, 1.165) is 38.2 Å². The summed E-state index contributed by atoms with van der Waals surface area (Å²) >= 11 is 0. The van der Waals surface area contributed by atoms with Gasteiger partial charge < -0.3 is 21.3 Å². The molecule has 9 nitrogen and oxygen atoms in total. The number of nitrogens with zero attached hydrogens (tertiary/aromatic N) is 4. The zero-order chi connectivity index (χ0) is 22.2. The van der Waals surface area contributed by atoms with E-state index in [1.54, 1.807) is 23.3 Å². The lowest BCUT2D eigenvalue weighted by Crippen LogP contribution is -2.40. The second-order valence-corrected chi connectivity index (χ2v) is 7.80. The van der Waals surface area contributed by atoms with Crippen molar-refractivity contribution in [3.8, 4) is 0 Å². The van der Waals surface area contributed by atoms with Gasteiger partial charge in [-0.15, -0.1) is 0 Å². The summed E-state index contributed by atoms with van der Waals surface area (Å²) in [6.07, 6.45) is 5.99. The first-order valence-corrected chi connectivity index (χ1v) is 11.1. The highest BCUT2D eigenvalue weighted by Gasteiger charge is 2.23. The lowest BCUT2D eigenvalue weighted by Gasteiger charge is -2.25. The molecule has 0 radical (unpaired) electrons. The molecule has 0 spiro atoms. The molecule has 1 aliphatic carbocycles. The predicted octanol–water partition coefficient (Wildman–Crippen LogP) is 2.50. The standard InChI is InChI=1S/C22H34N8O/c1-3-29(4-2)14-13-25-21(31)16-9-11-17(12-10-16)27-22-26-15-19(23)20(28-22)30(24)18-7-5-6-8-18/h9-12,15,18H,3-8,13-14,23-24H2,1-2H3,(H,25,31)(H,26,27,28). The maximum Gasteiger partial charge on any atom is 0.251 e. The monoisotopic (exact) mass is 426 g/mol. The first kappa shape index (κ1) is 22.8. The summed E-state index contributed by atoms with van der Waals surface area (Å²) in [6.45, 7) is 7.65. The van der Waals surface area contributed by atoms with Crippen LogP contribution in [0.15, 0.2) is 30.5 Å². The van der Waals surface area contributed by atoms with Crippen molar-refractivity contribution in [3.63, 3.8) is 0 Å². The van der Waals surface area contributed by atoms with Crippen molar-refractivity contribution in [2.75, 3.05) is 42.2 Å². The van der Waals surface area contributed by atoms with E-state index >= 15 is 0 Å². The number of hydrogen-bond acceptors (Lipinski definition) is 8. The second kappa shape index (κ2) is 10.9. The molecule has 2 aromatic rings. The van der Waals surface area contributed by atoms with E-state index in [4.69, 9.17) is 11.6 Å². The van der Waals surface area contributed by atoms with Gasteiger partial charge in [0.05, 0.1) is 11.9 Å². The normalized spacial score (nSPS) is 14.1. The van der Waals surface area contributed by atoms with Gasteiger partial charge in [0.2, 0.25) is 5.95 Å². The Morgan fingerprint density at radius 3 is 2.48 bits per heavy atom. The molecule has 1 heterocycles. The van der Waals surface area contributed by atoms with Crippen LogP contribution in [-0.2, 0) is 0 Å². The van der Waals surface area contributed by atoms with Crippen molar-refractivity contribution in [3.05, 3.63) is 36.0 Å². The molecule has 1 aromatic carbocycles. The van der Waals surface area contributed by atoms with Gasteiger partial charge in [0.25, 0.3) is 5.91 Å². The lowest BCUT2D eigenvalue weighted by molar-refractivity contribution is 0.0949. The van der Waals surface area contributed by atoms with Crippen LogP contribution >= 0.6 is 0 Å². The number of nitrogens with two attached hydrogens (primary N) is 2. The van der Waals surface area contributed by atoms with Gasteiger partial charge in [-0.2, -0.15) is 4.98 Å². The molecule has 0 bridgehead atoms. The van der Waals surface area contributed by atoms with E-state index in [-0.39, 0.29) is 11.9 Å². The Kier molecular flexibility index (Phi) is 8.02. The summed E-state index contributed by atoms with van der Waals surface area (Å²) < 4.78 is 0. The van der Waals surface area contributed by atoms with Crippen LogP contribution in [0.1, 0.15) is 49.9 Å². The molecule has 0 aliphatic heterocycles. The van der Waals surface area contributed by atoms with E-state index in [2.05, 4.69) is 39.3 Å². The van der Waals surface area contributed by atoms with Crippen molar-refractivity contribution in [2.24, 2.45) is 5.84 Å². The summed E-state index contributed by atoms with van der Waals surface area (Å²) in [7, 11) is 0. The fourth-order valence-electron chi connectivity index (χ4n) is 3.81. The van der Waals surface area contributed by atoms with Crippen molar-refractivity contribution in [1.29, 1.82) is 0 Å². The SMILES string of the molecule is CCN(CC)CCNC(=O)c1ccc(Nc2ncc(N)c(N(N)C3CCCC3)n2)cc1. The van der Waals surface area contributed by atoms with Crippen LogP contribution < -0.4 is 27.2 Å². The number of carbonyl (C=O) groups is 1. The van der Waals surface area contributed by atoms with Crippen molar-refractivity contribution in [2.45, 2.75) is 45.6 Å². The summed E-state index contributed by atoms with van der Waals surface area (Å²) in [5.41, 5.74) is 7.90. The molecule has 1 saturated carbocycles. The predicted molar refractivity (Wildman–Crippen MR) is 125 cm³/mol. The number of rotatable bonds is 10. The summed E-state index contributed by atoms with van der Waals surface area (Å²) in [5.74, 6) is 7.14. The maximum absolute atomic E-state index is 12.3. The highest BCUT2D eigenvalue weighted by Crippen LogP contribution is 2.28. The molecule has 1 aromatic heterocycles. The first-order chi connectivity index (χ1) is 15.0. The number of nitrogens with one attached hydrogen (secondary N) is 2. The van der Waals surface area contributed by atoms with Crippen LogP contribution in [0.5, 0.6) is 0 Å². The van der Waals surface area contributed by atoms with Gasteiger partial charge >= 0.3 is 0 Å². The number of likely N-dealkylation sites (N-methyl/N-ethyl adjacent to an activating group) is 1. The molecule has 0 saturated heterocycles. The van der Waals surface area contributed by atoms with Gasteiger partial charge in [-0.3, -0.25) is 9.80 Å². The summed E-state index contributed by atoms with van der Waals surface area (Å²) in [6, 6.07) is 7.47. The number of carbonyl (C=O) groups excluding carboxylic acids is 1. The topological polar surface area (TPSA) is 125 Å². The van der Waals surface area contributed by atoms with Gasteiger partial charge in [0, 0.05) is 30.4 Å². The minimum atomic E-state index is -0.0833. The molecule has 31 heavy (non-hydrogen) atoms. The number of anilines is 4. The van der Waals surface area contributed by atoms with Crippen molar-refractivity contribution in [1.82, 2.24) is 20.2 Å². The lowest BCUT2D eigenvalue weighted by atomic mass is 10.2. The number of nitrogen functional groups attached to an aromatic ring is 1. The third-order valence-corrected chi connectivity index (χ3v) is 5.77. The molecule has 9 heteroatoms. The maximum atomic E-state index is 12.3. The van der Waals surface area contributed by atoms with Gasteiger partial charge in [-0.05, 0) is 50.2 Å². The van der Waals surface area contributed by atoms with E-state index in [0.29, 0.717) is 29.6 Å². The van der Waals surface area contributed by atoms with E-state index < -0.39 is 0 Å². The first-order valence-electron chi connectivity index (χ1n) is 11.1. The van der Waals surface area contributed by atoms with Gasteiger partial charge in [0.1, 0.15) is 0 Å². The van der Waals surface area contributed by atoms with Crippen molar-refractivity contribution < 1.29 is 4.79 Å². The van der Waals surface area contributed by atoms with Crippen LogP contribution in [0.4, 0.5) is 23.1 Å². The van der Waals surface area contributed by atoms with Crippen LogP contribution in [0.3, 0.4) is 0 Å². The fraction of sp³-hybridized carbons (Fsp3) is 0.500. The van der Waals surface area contributed by atoms with Gasteiger partial charge in [-0.1, -0.05) is 26.7 Å². The van der Waals surface area contributed by atoms with Crippen LogP contribution in [-0.4, -0.2) is 53.0 Å². The minimum absolute atomic E-state index is 0.0833. The van der Waals surface area contributed by atoms with Gasteiger partial charge in [0.15, 0.2) is 5.82 Å². The van der Waals surface area contributed by atoms with E-state index in [9.17, 15) is 4.79 Å². The van der Waals surface area contributed by atoms with E-state index in [1.165, 1.54) is 12.8 Å². The number of hydrazine groups is 1. The largest absolute Gasteiger partial charge is 0.394 e. The van der Waals surface area contributed by atoms with Crippen LogP contribution in [0, 0.1) is 0 Å². The average molecular weight is 427 g/mol. The number of benzene rings is 1. The fourth-order valence-corrected chi connectivity index (χ4v) is 3.81. The molecule has 1 fully saturated rings. The Balaban J connectivity index is 1.59. The molecular weight excluding hydrogens is 392 g/mol. The van der Waals surface area contributed by atoms with Crippen molar-refractivity contribution >= 4 is 29.0 Å². The summed E-state index contributed by atoms with van der Waals surface area (Å²) in [4.78, 5) is 23.4. The van der Waals surface area contributed by atoms with E-state index in [1.807, 2.05) is 12.1 Å². The highest BCUT2D eigenvalue weighted by atomic mass is 16.1. The Morgan fingerprint density at radius 1 is 1.16 bits per heavy atom. The molecule has 168 valence electrons. The minimum Gasteiger partial charge on any atom is -0.394 e. The Morgan fingerprint density at radius 2 is 1.84 bits per heavy atom. The zero-order valence-corrected chi connectivity index (χ0v) is 18.5. The summed E-state index contributed by atoms with van der Waals surface area (Å²) in [5, 5.41) is 7.79. The molecule has 3 rings (SSSR count). The third-order valence-electron chi connectivity index (χ3n) is 5.77.